The van der Waals surface area contributed by atoms with Crippen LogP contribution in [0.4, 0.5) is 0 Å². The number of rotatable bonds is 8. The van der Waals surface area contributed by atoms with Crippen molar-refractivity contribution in [3.8, 4) is 0 Å². The van der Waals surface area contributed by atoms with Crippen LogP contribution in [0, 0.1) is 0 Å². The van der Waals surface area contributed by atoms with Gasteiger partial charge in [-0.05, 0) is 17.3 Å². The average Bonchev–Trinajstić information content (AvgIpc) is 2.34. The first kappa shape index (κ1) is 15.7. The van der Waals surface area contributed by atoms with E-state index >= 15 is 0 Å². The molecule has 18 heavy (non-hydrogen) atoms. The van der Waals surface area contributed by atoms with Crippen LogP contribution in [0.1, 0.15) is 32.1 Å². The molecule has 0 atom stereocenters. The smallest absolute Gasteiger partial charge is 0.0806 e. The van der Waals surface area contributed by atoms with Crippen molar-refractivity contribution < 1.29 is 0 Å². The topological polar surface area (TPSA) is 0 Å². The number of halogens is 1. The predicted octanol–water partition coefficient (Wildman–Crippen LogP) is 5.46. The van der Waals surface area contributed by atoms with Crippen molar-refractivity contribution in [1.82, 2.24) is 0 Å². The molecule has 0 saturated carbocycles. The van der Waals surface area contributed by atoms with E-state index in [0.717, 1.165) is 10.9 Å². The van der Waals surface area contributed by atoms with E-state index in [9.17, 15) is 0 Å². The number of unbranched alkanes of at least 4 members (excludes halogenated alkanes) is 3. The first-order chi connectivity index (χ1) is 8.52. The Hall–Kier alpha value is -0.343. The van der Waals surface area contributed by atoms with Gasteiger partial charge in [0, 0.05) is 0 Å². The molecule has 0 nitrogen and oxygen atoms in total. The summed E-state index contributed by atoms with van der Waals surface area (Å²) in [7, 11) is -1.19. The second kappa shape index (κ2) is 7.95. The molecule has 0 aliphatic rings. The maximum atomic E-state index is 3.88. The van der Waals surface area contributed by atoms with Crippen molar-refractivity contribution in [2.75, 3.05) is 0 Å². The van der Waals surface area contributed by atoms with E-state index < -0.39 is 8.07 Å². The molecule has 0 unspecified atom stereocenters. The monoisotopic (exact) mass is 324 g/mol. The molecule has 1 aromatic rings. The van der Waals surface area contributed by atoms with Crippen LogP contribution in [0.25, 0.3) is 0 Å². The molecule has 0 aliphatic heterocycles. The molecule has 2 heteroatoms. The summed E-state index contributed by atoms with van der Waals surface area (Å²) in [6, 6.07) is 12.5. The van der Waals surface area contributed by atoms with Gasteiger partial charge in [-0.25, -0.2) is 0 Å². The van der Waals surface area contributed by atoms with Gasteiger partial charge in [0.15, 0.2) is 0 Å². The lowest BCUT2D eigenvalue weighted by molar-refractivity contribution is 0.669. The summed E-state index contributed by atoms with van der Waals surface area (Å²) in [5.41, 5.74) is 0. The van der Waals surface area contributed by atoms with Crippen LogP contribution < -0.4 is 5.19 Å². The largest absolute Gasteiger partial charge is 0.0889 e. The molecule has 0 bridgehead atoms. The van der Waals surface area contributed by atoms with Crippen molar-refractivity contribution in [2.24, 2.45) is 0 Å². The van der Waals surface area contributed by atoms with Crippen molar-refractivity contribution in [2.45, 2.75) is 51.2 Å². The van der Waals surface area contributed by atoms with Gasteiger partial charge in [0.25, 0.3) is 0 Å². The Bertz CT molecular complexity index is 357. The highest BCUT2D eigenvalue weighted by atomic mass is 79.9. The summed E-state index contributed by atoms with van der Waals surface area (Å²) in [5, 5.41) is 1.60. The van der Waals surface area contributed by atoms with E-state index in [1.807, 2.05) is 0 Å². The minimum Gasteiger partial charge on any atom is -0.0889 e. The van der Waals surface area contributed by atoms with E-state index in [4.69, 9.17) is 0 Å². The molecule has 0 N–H and O–H groups in total. The molecule has 0 saturated heterocycles. The summed E-state index contributed by atoms with van der Waals surface area (Å²) >= 11 is 3.42. The Kier molecular flexibility index (Phi) is 6.94. The van der Waals surface area contributed by atoms with Crippen LogP contribution in [0.3, 0.4) is 0 Å². The minimum absolute atomic E-state index is 1.12. The van der Waals surface area contributed by atoms with Gasteiger partial charge in [-0.1, -0.05) is 96.4 Å². The Balaban J connectivity index is 2.24. The van der Waals surface area contributed by atoms with E-state index in [1.165, 1.54) is 31.7 Å². The van der Waals surface area contributed by atoms with E-state index in [-0.39, 0.29) is 0 Å². The fourth-order valence-electron chi connectivity index (χ4n) is 2.27. The summed E-state index contributed by atoms with van der Waals surface area (Å²) in [6.07, 6.45) is 6.48. The second-order valence-electron chi connectivity index (χ2n) is 5.68. The fourth-order valence-corrected chi connectivity index (χ4v) is 5.07. The third-order valence-corrected chi connectivity index (χ3v) is 7.45. The Labute approximate surface area is 122 Å². The molecule has 0 spiro atoms. The lowest BCUT2D eigenvalue weighted by Gasteiger charge is -2.22. The van der Waals surface area contributed by atoms with Gasteiger partial charge >= 0.3 is 0 Å². The van der Waals surface area contributed by atoms with Crippen molar-refractivity contribution >= 4 is 29.2 Å². The predicted molar refractivity (Wildman–Crippen MR) is 89.5 cm³/mol. The average molecular weight is 325 g/mol. The molecule has 1 aromatic carbocycles. The molecular weight excluding hydrogens is 300 g/mol. The molecule has 0 amide bonds. The second-order valence-corrected chi connectivity index (χ2v) is 11.6. The first-order valence-electron chi connectivity index (χ1n) is 6.91. The van der Waals surface area contributed by atoms with Gasteiger partial charge < -0.3 is 0 Å². The van der Waals surface area contributed by atoms with Crippen molar-refractivity contribution in [1.29, 1.82) is 0 Å². The molecule has 0 fully saturated rings. The van der Waals surface area contributed by atoms with Gasteiger partial charge in [0.1, 0.15) is 0 Å². The Morgan fingerprint density at radius 2 is 1.67 bits per heavy atom. The SMILES string of the molecule is C=C(Br)CCCCCC[Si](C)(C)c1ccccc1. The van der Waals surface area contributed by atoms with Crippen LogP contribution in [-0.2, 0) is 0 Å². The molecule has 0 aromatic heterocycles. The third kappa shape index (κ3) is 6.01. The third-order valence-electron chi connectivity index (χ3n) is 3.56. The molecule has 1 rings (SSSR count). The summed E-state index contributed by atoms with van der Waals surface area (Å²) in [4.78, 5) is 0. The molecular formula is C16H25BrSi. The summed E-state index contributed by atoms with van der Waals surface area (Å²) in [5.74, 6) is 0. The van der Waals surface area contributed by atoms with Gasteiger partial charge in [-0.3, -0.25) is 0 Å². The molecule has 0 aliphatic carbocycles. The highest BCUT2D eigenvalue weighted by Crippen LogP contribution is 2.18. The minimum atomic E-state index is -1.19. The molecule has 0 heterocycles. The van der Waals surface area contributed by atoms with Crippen LogP contribution in [0.15, 0.2) is 41.4 Å². The fraction of sp³-hybridized carbons (Fsp3) is 0.500. The number of hydrogen-bond donors (Lipinski definition) is 0. The number of hydrogen-bond acceptors (Lipinski definition) is 0. The lowest BCUT2D eigenvalue weighted by Crippen LogP contribution is -2.40. The number of allylic oxidation sites excluding steroid dienone is 1. The highest BCUT2D eigenvalue weighted by Gasteiger charge is 2.21. The standard InChI is InChI=1S/C16H25BrSi/c1-15(17)11-7-4-5-10-14-18(2,3)16-12-8-6-9-13-16/h6,8-9,12-13H,1,4-5,7,10-11,14H2,2-3H3. The van der Waals surface area contributed by atoms with Crippen LogP contribution in [0.2, 0.25) is 19.1 Å². The zero-order chi connectivity index (χ0) is 13.4. The number of benzene rings is 1. The zero-order valence-electron chi connectivity index (χ0n) is 11.7. The maximum absolute atomic E-state index is 3.88. The van der Waals surface area contributed by atoms with Gasteiger partial charge in [0.05, 0.1) is 8.07 Å². The summed E-state index contributed by atoms with van der Waals surface area (Å²) in [6.45, 7) is 8.85. The summed E-state index contributed by atoms with van der Waals surface area (Å²) < 4.78 is 1.14. The van der Waals surface area contributed by atoms with Gasteiger partial charge in [0.2, 0.25) is 0 Å². The first-order valence-corrected chi connectivity index (χ1v) is 10.9. The Morgan fingerprint density at radius 3 is 2.28 bits per heavy atom. The van der Waals surface area contributed by atoms with Crippen molar-refractivity contribution in [3.05, 3.63) is 41.4 Å². The van der Waals surface area contributed by atoms with Crippen LogP contribution >= 0.6 is 15.9 Å². The quantitative estimate of drug-likeness (QED) is 0.440. The normalized spacial score (nSPS) is 11.5. The van der Waals surface area contributed by atoms with E-state index in [0.29, 0.717) is 0 Å². The maximum Gasteiger partial charge on any atom is 0.0806 e. The van der Waals surface area contributed by atoms with Gasteiger partial charge in [-0.15, -0.1) is 0 Å². The molecule has 100 valence electrons. The van der Waals surface area contributed by atoms with E-state index in [1.54, 1.807) is 5.19 Å². The lowest BCUT2D eigenvalue weighted by atomic mass is 10.1. The van der Waals surface area contributed by atoms with Crippen molar-refractivity contribution in [3.63, 3.8) is 0 Å². The Morgan fingerprint density at radius 1 is 1.06 bits per heavy atom. The van der Waals surface area contributed by atoms with Crippen LogP contribution in [0.5, 0.6) is 0 Å². The van der Waals surface area contributed by atoms with Crippen LogP contribution in [-0.4, -0.2) is 8.07 Å². The van der Waals surface area contributed by atoms with E-state index in [2.05, 4.69) is 65.9 Å². The highest BCUT2D eigenvalue weighted by molar-refractivity contribution is 9.11. The molecule has 0 radical (unpaired) electrons. The van der Waals surface area contributed by atoms with Gasteiger partial charge in [-0.2, -0.15) is 0 Å². The zero-order valence-corrected chi connectivity index (χ0v) is 14.3.